The fourth-order valence-corrected chi connectivity index (χ4v) is 4.44. The zero-order chi connectivity index (χ0) is 23.6. The van der Waals surface area contributed by atoms with Crippen LogP contribution in [0.5, 0.6) is 17.4 Å². The van der Waals surface area contributed by atoms with Crippen LogP contribution >= 0.6 is 0 Å². The van der Waals surface area contributed by atoms with Crippen molar-refractivity contribution in [1.82, 2.24) is 19.9 Å². The van der Waals surface area contributed by atoms with Crippen LogP contribution in [-0.4, -0.2) is 49.2 Å². The number of sulfonamides is 1. The maximum atomic E-state index is 13.1. The fourth-order valence-electron chi connectivity index (χ4n) is 3.17. The lowest BCUT2D eigenvalue weighted by Crippen LogP contribution is -2.16. The molecule has 1 N–H and O–H groups in total. The third kappa shape index (κ3) is 4.50. The summed E-state index contributed by atoms with van der Waals surface area (Å²) >= 11 is 0. The van der Waals surface area contributed by atoms with Crippen molar-refractivity contribution in [2.75, 3.05) is 18.9 Å². The minimum Gasteiger partial charge on any atom is -0.495 e. The number of anilines is 1. The average Bonchev–Trinajstić information content (AvgIpc) is 3.42. The summed E-state index contributed by atoms with van der Waals surface area (Å²) in [4.78, 5) is 3.47. The largest absolute Gasteiger partial charge is 0.495 e. The van der Waals surface area contributed by atoms with Crippen LogP contribution in [0.3, 0.4) is 0 Å². The number of aromatic nitrogens is 4. The van der Waals surface area contributed by atoms with Gasteiger partial charge in [-0.25, -0.2) is 13.4 Å². The van der Waals surface area contributed by atoms with Crippen LogP contribution in [-0.2, 0) is 16.6 Å². The van der Waals surface area contributed by atoms with Crippen molar-refractivity contribution < 1.29 is 35.9 Å². The molecule has 0 atom stereocenters. The predicted octanol–water partition coefficient (Wildman–Crippen LogP) is 2.89. The summed E-state index contributed by atoms with van der Waals surface area (Å²) < 4.78 is 76.3. The van der Waals surface area contributed by atoms with E-state index in [0.717, 1.165) is 0 Å². The quantitative estimate of drug-likeness (QED) is 0.383. The molecule has 0 saturated carbocycles. The van der Waals surface area contributed by atoms with Gasteiger partial charge in [-0.2, -0.15) is 13.9 Å². The van der Waals surface area contributed by atoms with Crippen molar-refractivity contribution >= 4 is 26.8 Å². The van der Waals surface area contributed by atoms with E-state index in [2.05, 4.69) is 24.7 Å². The van der Waals surface area contributed by atoms with Gasteiger partial charge in [0, 0.05) is 24.7 Å². The molecule has 0 aliphatic carbocycles. The van der Waals surface area contributed by atoms with Crippen molar-refractivity contribution in [3.05, 3.63) is 48.4 Å². The van der Waals surface area contributed by atoms with Gasteiger partial charge < -0.3 is 18.7 Å². The summed E-state index contributed by atoms with van der Waals surface area (Å²) in [6.45, 7) is -2.94. The highest BCUT2D eigenvalue weighted by molar-refractivity contribution is 7.93. The summed E-state index contributed by atoms with van der Waals surface area (Å²) in [7, 11) is -1.89. The van der Waals surface area contributed by atoms with Crippen LogP contribution < -0.4 is 18.9 Å². The molecule has 11 nitrogen and oxygen atoms in total. The van der Waals surface area contributed by atoms with Gasteiger partial charge in [0.15, 0.2) is 16.3 Å². The SMILES string of the molecule is COc1ccnc(OC)c1S(=O)(=O)Nc1noc2cc(Cn3cccn3)cc(OC(F)F)c12. The highest BCUT2D eigenvalue weighted by Crippen LogP contribution is 2.38. The number of hydrogen-bond acceptors (Lipinski definition) is 9. The van der Waals surface area contributed by atoms with Crippen molar-refractivity contribution in [2.24, 2.45) is 0 Å². The molecule has 3 aromatic heterocycles. The molecule has 14 heteroatoms. The molecule has 174 valence electrons. The van der Waals surface area contributed by atoms with Gasteiger partial charge in [0.1, 0.15) is 16.9 Å². The molecule has 4 rings (SSSR count). The second kappa shape index (κ2) is 8.90. The Morgan fingerprint density at radius 3 is 2.67 bits per heavy atom. The maximum Gasteiger partial charge on any atom is 0.387 e. The average molecular weight is 481 g/mol. The fraction of sp³-hybridized carbons (Fsp3) is 0.211. The number of methoxy groups -OCH3 is 2. The molecular formula is C19H17F2N5O6S. The lowest BCUT2D eigenvalue weighted by atomic mass is 10.1. The normalized spacial score (nSPS) is 11.7. The Balaban J connectivity index is 1.79. The number of halogens is 2. The van der Waals surface area contributed by atoms with E-state index in [-0.39, 0.29) is 40.7 Å². The molecule has 4 aromatic rings. The lowest BCUT2D eigenvalue weighted by Gasteiger charge is -2.13. The first-order valence-corrected chi connectivity index (χ1v) is 10.7. The van der Waals surface area contributed by atoms with E-state index >= 15 is 0 Å². The van der Waals surface area contributed by atoms with Gasteiger partial charge in [0.2, 0.25) is 5.88 Å². The van der Waals surface area contributed by atoms with Crippen LogP contribution in [0.1, 0.15) is 5.56 Å². The van der Waals surface area contributed by atoms with E-state index in [1.54, 1.807) is 23.1 Å². The van der Waals surface area contributed by atoms with Crippen LogP contribution in [0.4, 0.5) is 14.6 Å². The standard InChI is InChI=1S/C19H17F2N5O6S/c1-29-12-4-6-22-18(30-2)16(12)33(27,28)25-17-15-13(31-19(20)21)8-11(9-14(15)32-24-17)10-26-7-3-5-23-26/h3-9,19H,10H2,1-2H3,(H,24,25). The van der Waals surface area contributed by atoms with Gasteiger partial charge in [-0.05, 0) is 23.8 Å². The summed E-state index contributed by atoms with van der Waals surface area (Å²) in [6.07, 6.45) is 4.56. The van der Waals surface area contributed by atoms with Crippen LogP contribution in [0.25, 0.3) is 11.0 Å². The van der Waals surface area contributed by atoms with Gasteiger partial charge >= 0.3 is 6.61 Å². The number of ether oxygens (including phenoxy) is 3. The number of nitrogens with one attached hydrogen (secondary N) is 1. The van der Waals surface area contributed by atoms with Gasteiger partial charge in [-0.1, -0.05) is 5.16 Å². The van der Waals surface area contributed by atoms with E-state index in [1.807, 2.05) is 0 Å². The molecule has 0 bridgehead atoms. The smallest absolute Gasteiger partial charge is 0.387 e. The Morgan fingerprint density at radius 1 is 1.18 bits per heavy atom. The number of fused-ring (bicyclic) bond motifs is 1. The van der Waals surface area contributed by atoms with E-state index in [4.69, 9.17) is 14.0 Å². The topological polar surface area (TPSA) is 131 Å². The van der Waals surface area contributed by atoms with Crippen LogP contribution in [0.2, 0.25) is 0 Å². The molecule has 0 radical (unpaired) electrons. The van der Waals surface area contributed by atoms with E-state index in [0.29, 0.717) is 5.56 Å². The van der Waals surface area contributed by atoms with Crippen LogP contribution in [0, 0.1) is 0 Å². The Morgan fingerprint density at radius 2 is 2.00 bits per heavy atom. The first-order chi connectivity index (χ1) is 15.8. The molecule has 0 fully saturated rings. The highest BCUT2D eigenvalue weighted by Gasteiger charge is 2.29. The van der Waals surface area contributed by atoms with E-state index in [1.165, 1.54) is 38.6 Å². The third-order valence-corrected chi connectivity index (χ3v) is 5.84. The highest BCUT2D eigenvalue weighted by atomic mass is 32.2. The van der Waals surface area contributed by atoms with Crippen molar-refractivity contribution in [2.45, 2.75) is 18.1 Å². The number of benzene rings is 1. The van der Waals surface area contributed by atoms with Crippen LogP contribution in [0.15, 0.2) is 52.3 Å². The van der Waals surface area contributed by atoms with E-state index in [9.17, 15) is 17.2 Å². The molecule has 0 saturated heterocycles. The predicted molar refractivity (Wildman–Crippen MR) is 110 cm³/mol. The second-order valence-electron chi connectivity index (χ2n) is 6.54. The molecule has 3 heterocycles. The number of rotatable bonds is 9. The summed E-state index contributed by atoms with van der Waals surface area (Å²) in [5, 5.41) is 7.68. The number of pyridine rings is 1. The second-order valence-corrected chi connectivity index (χ2v) is 8.16. The summed E-state index contributed by atoms with van der Waals surface area (Å²) in [5.74, 6) is -0.971. The van der Waals surface area contributed by atoms with Crippen molar-refractivity contribution in [3.63, 3.8) is 0 Å². The Hall–Kier alpha value is -3.94. The molecule has 0 spiro atoms. The zero-order valence-electron chi connectivity index (χ0n) is 17.2. The minimum atomic E-state index is -4.40. The van der Waals surface area contributed by atoms with Crippen molar-refractivity contribution in [3.8, 4) is 17.4 Å². The number of alkyl halides is 2. The molecule has 0 aliphatic rings. The lowest BCUT2D eigenvalue weighted by molar-refractivity contribution is -0.0488. The van der Waals surface area contributed by atoms with Gasteiger partial charge in [0.25, 0.3) is 10.0 Å². The molecule has 1 aromatic carbocycles. The Bertz CT molecular complexity index is 1350. The van der Waals surface area contributed by atoms with E-state index < -0.39 is 21.5 Å². The minimum absolute atomic E-state index is 0.0260. The molecule has 0 aliphatic heterocycles. The summed E-state index contributed by atoms with van der Waals surface area (Å²) in [5.41, 5.74) is 0.543. The maximum absolute atomic E-state index is 13.1. The number of nitrogens with zero attached hydrogens (tertiary/aromatic N) is 4. The Labute approximate surface area is 185 Å². The Kier molecular flexibility index (Phi) is 6.00. The van der Waals surface area contributed by atoms with Crippen molar-refractivity contribution in [1.29, 1.82) is 0 Å². The monoisotopic (exact) mass is 481 g/mol. The molecule has 0 unspecified atom stereocenters. The van der Waals surface area contributed by atoms with Gasteiger partial charge in [-0.3, -0.25) is 9.40 Å². The van der Waals surface area contributed by atoms with Gasteiger partial charge in [0.05, 0.1) is 20.8 Å². The summed E-state index contributed by atoms with van der Waals surface area (Å²) in [6, 6.07) is 5.88. The third-order valence-electron chi connectivity index (χ3n) is 4.47. The molecule has 33 heavy (non-hydrogen) atoms. The zero-order valence-corrected chi connectivity index (χ0v) is 18.0. The molecule has 0 amide bonds. The molecular weight excluding hydrogens is 464 g/mol. The number of hydrogen-bond donors (Lipinski definition) is 1. The van der Waals surface area contributed by atoms with Gasteiger partial charge in [-0.15, -0.1) is 0 Å². The first-order valence-electron chi connectivity index (χ1n) is 9.26. The first kappa shape index (κ1) is 22.3.